The van der Waals surface area contributed by atoms with Gasteiger partial charge in [-0.3, -0.25) is 4.98 Å². The Kier molecular flexibility index (Phi) is 5.79. The monoisotopic (exact) mass is 535 g/mol. The van der Waals surface area contributed by atoms with Crippen molar-refractivity contribution in [3.05, 3.63) is 152 Å². The maximum Gasteiger partial charge on any atom is 0.160 e. The molecular weight excluding hydrogens is 510 g/mol. The molecule has 0 saturated carbocycles. The predicted octanol–water partition coefficient (Wildman–Crippen LogP) is 10.00. The van der Waals surface area contributed by atoms with Crippen LogP contribution in [-0.2, 0) is 0 Å². The number of aromatic nitrogens is 3. The summed E-state index contributed by atoms with van der Waals surface area (Å²) in [5.74, 6) is 0.708. The topological polar surface area (TPSA) is 38.7 Å². The van der Waals surface area contributed by atoms with Gasteiger partial charge in [-0.2, -0.15) is 0 Å². The molecule has 3 heteroatoms. The maximum absolute atomic E-state index is 5.14. The van der Waals surface area contributed by atoms with Gasteiger partial charge in [0.1, 0.15) is 0 Å². The van der Waals surface area contributed by atoms with Crippen LogP contribution in [0.1, 0.15) is 0 Å². The van der Waals surface area contributed by atoms with Gasteiger partial charge in [-0.15, -0.1) is 0 Å². The maximum atomic E-state index is 5.14. The fourth-order valence-corrected chi connectivity index (χ4v) is 6.00. The summed E-state index contributed by atoms with van der Waals surface area (Å²) >= 11 is 0. The molecule has 0 amide bonds. The van der Waals surface area contributed by atoms with Crippen LogP contribution in [0.3, 0.4) is 0 Å². The number of rotatable bonds is 4. The van der Waals surface area contributed by atoms with Crippen LogP contribution in [0, 0.1) is 0 Å². The van der Waals surface area contributed by atoms with E-state index in [1.165, 1.54) is 27.5 Å². The highest BCUT2D eigenvalue weighted by atomic mass is 14.9. The number of hydrogen-bond acceptors (Lipinski definition) is 3. The largest absolute Gasteiger partial charge is 0.256 e. The molecule has 2 aromatic heterocycles. The summed E-state index contributed by atoms with van der Waals surface area (Å²) in [6.07, 6.45) is 1.87. The summed E-state index contributed by atoms with van der Waals surface area (Å²) in [4.78, 5) is 15.0. The van der Waals surface area contributed by atoms with Crippen molar-refractivity contribution in [1.29, 1.82) is 0 Å². The van der Waals surface area contributed by atoms with Crippen molar-refractivity contribution < 1.29 is 0 Å². The summed E-state index contributed by atoms with van der Waals surface area (Å²) in [6, 6.07) is 50.7. The van der Waals surface area contributed by atoms with Crippen molar-refractivity contribution in [3.8, 4) is 44.9 Å². The average Bonchev–Trinajstić information content (AvgIpc) is 3.08. The first-order valence-corrected chi connectivity index (χ1v) is 14.1. The third-order valence-corrected chi connectivity index (χ3v) is 7.96. The van der Waals surface area contributed by atoms with Crippen LogP contribution in [-0.4, -0.2) is 15.0 Å². The summed E-state index contributed by atoms with van der Waals surface area (Å²) in [7, 11) is 0. The van der Waals surface area contributed by atoms with Gasteiger partial charge in [0.25, 0.3) is 0 Å². The van der Waals surface area contributed by atoms with E-state index in [0.29, 0.717) is 5.82 Å². The number of pyridine rings is 1. The van der Waals surface area contributed by atoms with Gasteiger partial charge in [0.15, 0.2) is 5.82 Å². The van der Waals surface area contributed by atoms with Gasteiger partial charge in [0.05, 0.1) is 16.7 Å². The molecule has 0 saturated heterocycles. The van der Waals surface area contributed by atoms with Crippen molar-refractivity contribution >= 4 is 32.6 Å². The highest BCUT2D eigenvalue weighted by Gasteiger charge is 2.18. The van der Waals surface area contributed by atoms with Crippen molar-refractivity contribution in [2.45, 2.75) is 0 Å². The Balaban J connectivity index is 1.37. The van der Waals surface area contributed by atoms with Crippen LogP contribution in [0.5, 0.6) is 0 Å². The minimum Gasteiger partial charge on any atom is -0.256 e. The molecule has 0 radical (unpaired) electrons. The molecule has 196 valence electrons. The molecule has 0 spiro atoms. The SMILES string of the molecule is c1ccc(-c2nc(-c3ccc(-c4ccc(-c5ccccc5)c5ccccc45)c4cccnc34)c3ccccc3n2)cc1. The highest BCUT2D eigenvalue weighted by Crippen LogP contribution is 2.41. The Morgan fingerprint density at radius 3 is 1.67 bits per heavy atom. The molecule has 3 nitrogen and oxygen atoms in total. The third kappa shape index (κ3) is 4.03. The van der Waals surface area contributed by atoms with Gasteiger partial charge < -0.3 is 0 Å². The average molecular weight is 536 g/mol. The number of fused-ring (bicyclic) bond motifs is 3. The zero-order valence-electron chi connectivity index (χ0n) is 22.8. The third-order valence-electron chi connectivity index (χ3n) is 7.96. The lowest BCUT2D eigenvalue weighted by molar-refractivity contribution is 1.23. The van der Waals surface area contributed by atoms with Crippen molar-refractivity contribution in [2.24, 2.45) is 0 Å². The quantitative estimate of drug-likeness (QED) is 0.225. The first kappa shape index (κ1) is 24.2. The Bertz CT molecular complexity index is 2240. The van der Waals surface area contributed by atoms with Gasteiger partial charge in [-0.1, -0.05) is 127 Å². The number of nitrogens with zero attached hydrogens (tertiary/aromatic N) is 3. The number of para-hydroxylation sites is 1. The fourth-order valence-electron chi connectivity index (χ4n) is 6.00. The molecule has 6 aromatic carbocycles. The molecule has 0 N–H and O–H groups in total. The van der Waals surface area contributed by atoms with E-state index in [2.05, 4.69) is 109 Å². The van der Waals surface area contributed by atoms with Gasteiger partial charge in [-0.05, 0) is 51.2 Å². The van der Waals surface area contributed by atoms with Gasteiger partial charge >= 0.3 is 0 Å². The Morgan fingerprint density at radius 1 is 0.357 bits per heavy atom. The lowest BCUT2D eigenvalue weighted by atomic mass is 9.89. The molecule has 0 aliphatic rings. The summed E-state index contributed by atoms with van der Waals surface area (Å²) < 4.78 is 0. The molecule has 42 heavy (non-hydrogen) atoms. The van der Waals surface area contributed by atoms with Crippen LogP contribution in [0.15, 0.2) is 152 Å². The second-order valence-electron chi connectivity index (χ2n) is 10.4. The van der Waals surface area contributed by atoms with E-state index in [9.17, 15) is 0 Å². The number of benzene rings is 6. The minimum atomic E-state index is 0.708. The number of hydrogen-bond donors (Lipinski definition) is 0. The highest BCUT2D eigenvalue weighted by molar-refractivity contribution is 6.12. The molecule has 8 rings (SSSR count). The van der Waals surface area contributed by atoms with Gasteiger partial charge in [-0.25, -0.2) is 9.97 Å². The second-order valence-corrected chi connectivity index (χ2v) is 10.4. The second kappa shape index (κ2) is 10.1. The summed E-state index contributed by atoms with van der Waals surface area (Å²) in [6.45, 7) is 0. The van der Waals surface area contributed by atoms with Crippen LogP contribution in [0.2, 0.25) is 0 Å². The van der Waals surface area contributed by atoms with Crippen LogP contribution < -0.4 is 0 Å². The fraction of sp³-hybridized carbons (Fsp3) is 0. The summed E-state index contributed by atoms with van der Waals surface area (Å²) in [5, 5.41) is 4.55. The van der Waals surface area contributed by atoms with Crippen molar-refractivity contribution in [1.82, 2.24) is 15.0 Å². The summed E-state index contributed by atoms with van der Waals surface area (Å²) in [5.41, 5.74) is 9.50. The first-order valence-electron chi connectivity index (χ1n) is 14.1. The molecule has 0 unspecified atom stereocenters. The molecule has 8 aromatic rings. The molecule has 0 aliphatic carbocycles. The zero-order valence-corrected chi connectivity index (χ0v) is 22.8. The normalized spacial score (nSPS) is 11.3. The molecule has 2 heterocycles. The van der Waals surface area contributed by atoms with E-state index >= 15 is 0 Å². The van der Waals surface area contributed by atoms with Crippen molar-refractivity contribution in [3.63, 3.8) is 0 Å². The van der Waals surface area contributed by atoms with E-state index < -0.39 is 0 Å². The molecular formula is C39H25N3. The van der Waals surface area contributed by atoms with E-state index in [1.807, 2.05) is 42.6 Å². The predicted molar refractivity (Wildman–Crippen MR) is 174 cm³/mol. The smallest absolute Gasteiger partial charge is 0.160 e. The lowest BCUT2D eigenvalue weighted by Gasteiger charge is -2.16. The van der Waals surface area contributed by atoms with E-state index in [-0.39, 0.29) is 0 Å². The van der Waals surface area contributed by atoms with E-state index in [1.54, 1.807) is 0 Å². The molecule has 0 aliphatic heterocycles. The van der Waals surface area contributed by atoms with Gasteiger partial charge in [0, 0.05) is 28.1 Å². The molecule has 0 bridgehead atoms. The standard InChI is InChI=1S/C39H25N3/c1-3-12-26(13-4-1)28-21-22-31(30-17-8-7-16-29(28)30)32-23-24-35(37-33(32)19-11-25-40-37)38-34-18-9-10-20-36(34)41-39(42-38)27-14-5-2-6-15-27/h1-25H. The first-order chi connectivity index (χ1) is 20.8. The molecule has 0 atom stereocenters. The van der Waals surface area contributed by atoms with E-state index in [0.717, 1.165) is 44.2 Å². The Morgan fingerprint density at radius 2 is 0.905 bits per heavy atom. The van der Waals surface area contributed by atoms with Gasteiger partial charge in [0.2, 0.25) is 0 Å². The Labute approximate surface area is 243 Å². The van der Waals surface area contributed by atoms with E-state index in [4.69, 9.17) is 15.0 Å². The Hall–Kier alpha value is -5.67. The van der Waals surface area contributed by atoms with Crippen molar-refractivity contribution in [2.75, 3.05) is 0 Å². The van der Waals surface area contributed by atoms with Crippen LogP contribution in [0.25, 0.3) is 77.5 Å². The zero-order chi connectivity index (χ0) is 27.9. The van der Waals surface area contributed by atoms with Crippen LogP contribution >= 0.6 is 0 Å². The van der Waals surface area contributed by atoms with Crippen LogP contribution in [0.4, 0.5) is 0 Å². The minimum absolute atomic E-state index is 0.708. The lowest BCUT2D eigenvalue weighted by Crippen LogP contribution is -1.97. The molecule has 0 fully saturated rings.